The second-order valence-corrected chi connectivity index (χ2v) is 8.99. The van der Waals surface area contributed by atoms with Gasteiger partial charge in [-0.1, -0.05) is 60.2 Å². The number of thiophene rings is 1. The van der Waals surface area contributed by atoms with Crippen LogP contribution < -0.4 is 5.73 Å². The molecule has 0 saturated carbocycles. The summed E-state index contributed by atoms with van der Waals surface area (Å²) < 4.78 is 0. The minimum Gasteiger partial charge on any atom is -0.397 e. The Morgan fingerprint density at radius 2 is 1.83 bits per heavy atom. The van der Waals surface area contributed by atoms with Crippen molar-refractivity contribution in [3.63, 3.8) is 0 Å². The lowest BCUT2D eigenvalue weighted by molar-refractivity contribution is 0.104. The van der Waals surface area contributed by atoms with Gasteiger partial charge in [0.05, 0.1) is 5.69 Å². The van der Waals surface area contributed by atoms with E-state index in [0.29, 0.717) is 16.1 Å². The zero-order valence-corrected chi connectivity index (χ0v) is 17.9. The first-order chi connectivity index (χ1) is 14.5. The molecule has 2 N–H and O–H groups in total. The molecule has 5 heteroatoms. The third-order valence-electron chi connectivity index (χ3n) is 5.80. The van der Waals surface area contributed by atoms with E-state index in [4.69, 9.17) is 10.7 Å². The van der Waals surface area contributed by atoms with Gasteiger partial charge in [-0.25, -0.2) is 4.98 Å². The van der Waals surface area contributed by atoms with E-state index in [1.165, 1.54) is 16.9 Å². The Morgan fingerprint density at radius 3 is 2.57 bits per heavy atom. The van der Waals surface area contributed by atoms with Gasteiger partial charge < -0.3 is 10.6 Å². The number of nitrogens with two attached hydrogens (primary N) is 1. The van der Waals surface area contributed by atoms with E-state index in [-0.39, 0.29) is 5.78 Å². The number of aryl methyl sites for hydroxylation is 1. The smallest absolute Gasteiger partial charge is 0.205 e. The van der Waals surface area contributed by atoms with Crippen LogP contribution in [0.25, 0.3) is 21.3 Å². The molecule has 1 aliphatic heterocycles. The topological polar surface area (TPSA) is 59.2 Å². The Morgan fingerprint density at radius 1 is 1.10 bits per heavy atom. The fourth-order valence-corrected chi connectivity index (χ4v) is 5.27. The van der Waals surface area contributed by atoms with Gasteiger partial charge in [0.2, 0.25) is 5.78 Å². The summed E-state index contributed by atoms with van der Waals surface area (Å²) in [7, 11) is 2.13. The van der Waals surface area contributed by atoms with E-state index in [9.17, 15) is 4.79 Å². The van der Waals surface area contributed by atoms with Crippen molar-refractivity contribution in [2.75, 3.05) is 19.3 Å². The van der Waals surface area contributed by atoms with Gasteiger partial charge in [0.25, 0.3) is 0 Å². The highest BCUT2D eigenvalue weighted by Gasteiger charge is 2.27. The quantitative estimate of drug-likeness (QED) is 0.476. The number of pyridine rings is 1. The van der Waals surface area contributed by atoms with Crippen molar-refractivity contribution in [2.24, 2.45) is 0 Å². The summed E-state index contributed by atoms with van der Waals surface area (Å²) in [5, 5.41) is 0.913. The number of aromatic nitrogens is 1. The number of nitrogen functional groups attached to an aromatic ring is 1. The first-order valence-electron chi connectivity index (χ1n) is 10.1. The Labute approximate surface area is 180 Å². The van der Waals surface area contributed by atoms with Crippen molar-refractivity contribution in [2.45, 2.75) is 19.9 Å². The monoisotopic (exact) mass is 413 g/mol. The van der Waals surface area contributed by atoms with Crippen LogP contribution in [-0.2, 0) is 13.0 Å². The number of anilines is 1. The highest BCUT2D eigenvalue weighted by Crippen LogP contribution is 2.43. The van der Waals surface area contributed by atoms with Crippen LogP contribution in [0.4, 0.5) is 5.69 Å². The third kappa shape index (κ3) is 3.11. The summed E-state index contributed by atoms with van der Waals surface area (Å²) in [5.74, 6) is -0.0374. The molecule has 0 aliphatic carbocycles. The molecule has 0 bridgehead atoms. The van der Waals surface area contributed by atoms with Crippen LogP contribution in [0.1, 0.15) is 32.1 Å². The largest absolute Gasteiger partial charge is 0.397 e. The molecule has 2 aromatic heterocycles. The number of hydrogen-bond acceptors (Lipinski definition) is 5. The molecule has 4 aromatic rings. The molecule has 0 unspecified atom stereocenters. The predicted octanol–water partition coefficient (Wildman–Crippen LogP) is 5.07. The van der Waals surface area contributed by atoms with Gasteiger partial charge >= 0.3 is 0 Å². The van der Waals surface area contributed by atoms with Crippen LogP contribution in [0.15, 0.2) is 54.6 Å². The first kappa shape index (κ1) is 19.0. The third-order valence-corrected chi connectivity index (χ3v) is 6.90. The molecule has 150 valence electrons. The van der Waals surface area contributed by atoms with E-state index in [2.05, 4.69) is 24.1 Å². The molecule has 4 nitrogen and oxygen atoms in total. The van der Waals surface area contributed by atoms with Gasteiger partial charge in [-0.15, -0.1) is 11.3 Å². The summed E-state index contributed by atoms with van der Waals surface area (Å²) in [6.07, 6.45) is 0.903. The molecule has 1 aliphatic rings. The van der Waals surface area contributed by atoms with Gasteiger partial charge in [0.1, 0.15) is 9.71 Å². The molecule has 30 heavy (non-hydrogen) atoms. The van der Waals surface area contributed by atoms with Crippen LogP contribution in [-0.4, -0.2) is 29.3 Å². The second kappa shape index (κ2) is 7.35. The Hall–Kier alpha value is -3.02. The van der Waals surface area contributed by atoms with Crippen LogP contribution in [0.3, 0.4) is 0 Å². The van der Waals surface area contributed by atoms with Crippen LogP contribution in [0.5, 0.6) is 0 Å². The lowest BCUT2D eigenvalue weighted by atomic mass is 9.92. The van der Waals surface area contributed by atoms with Crippen LogP contribution >= 0.6 is 11.3 Å². The standard InChI is InChI=1S/C25H23N3OS/c1-15-8-10-17(11-9-15)23(29)24-22(26)21-20(16-6-4-3-5-7-16)18-14-28(2)13-12-19(18)27-25(21)30-24/h3-11H,12-14,26H2,1-2H3. The minimum absolute atomic E-state index is 0.0374. The maximum absolute atomic E-state index is 13.3. The number of ketones is 1. The van der Waals surface area contributed by atoms with E-state index >= 15 is 0 Å². The van der Waals surface area contributed by atoms with E-state index in [1.54, 1.807) is 0 Å². The average molecular weight is 414 g/mol. The van der Waals surface area contributed by atoms with Crippen molar-refractivity contribution in [1.82, 2.24) is 9.88 Å². The minimum atomic E-state index is -0.0374. The number of carbonyl (C=O) groups excluding carboxylic acids is 1. The van der Waals surface area contributed by atoms with Gasteiger partial charge in [-0.05, 0) is 25.1 Å². The van der Waals surface area contributed by atoms with Crippen molar-refractivity contribution < 1.29 is 4.79 Å². The van der Waals surface area contributed by atoms with Crippen molar-refractivity contribution in [1.29, 1.82) is 0 Å². The van der Waals surface area contributed by atoms with Gasteiger partial charge in [0.15, 0.2) is 0 Å². The van der Waals surface area contributed by atoms with Crippen LogP contribution in [0, 0.1) is 6.92 Å². The molecule has 0 amide bonds. The molecule has 0 atom stereocenters. The Bertz CT molecular complexity index is 1260. The lowest BCUT2D eigenvalue weighted by Crippen LogP contribution is -2.27. The van der Waals surface area contributed by atoms with Gasteiger partial charge in [-0.2, -0.15) is 0 Å². The number of carbonyl (C=O) groups is 1. The maximum atomic E-state index is 13.3. The summed E-state index contributed by atoms with van der Waals surface area (Å²) in [6, 6.07) is 18.0. The number of benzene rings is 2. The van der Waals surface area contributed by atoms with Crippen molar-refractivity contribution in [3.8, 4) is 11.1 Å². The van der Waals surface area contributed by atoms with Crippen molar-refractivity contribution >= 4 is 33.0 Å². The summed E-state index contributed by atoms with van der Waals surface area (Å²) >= 11 is 1.41. The van der Waals surface area contributed by atoms with Crippen molar-refractivity contribution in [3.05, 3.63) is 81.9 Å². The summed E-state index contributed by atoms with van der Waals surface area (Å²) in [4.78, 5) is 22.0. The van der Waals surface area contributed by atoms with Crippen LogP contribution in [0.2, 0.25) is 0 Å². The van der Waals surface area contributed by atoms with Gasteiger partial charge in [0, 0.05) is 41.7 Å². The zero-order valence-electron chi connectivity index (χ0n) is 17.1. The molecule has 0 fully saturated rings. The van der Waals surface area contributed by atoms with E-state index in [0.717, 1.165) is 52.1 Å². The summed E-state index contributed by atoms with van der Waals surface area (Å²) in [6.45, 7) is 3.83. The average Bonchev–Trinajstić information content (AvgIpc) is 3.09. The second-order valence-electron chi connectivity index (χ2n) is 7.99. The Balaban J connectivity index is 1.77. The molecular weight excluding hydrogens is 390 g/mol. The number of hydrogen-bond donors (Lipinski definition) is 1. The highest BCUT2D eigenvalue weighted by molar-refractivity contribution is 7.21. The number of likely N-dealkylation sites (N-methyl/N-ethyl adjacent to an activating group) is 1. The zero-order chi connectivity index (χ0) is 20.8. The Kier molecular flexibility index (Phi) is 4.65. The molecule has 0 radical (unpaired) electrons. The fraction of sp³-hybridized carbons (Fsp3) is 0.200. The maximum Gasteiger partial charge on any atom is 0.205 e. The summed E-state index contributed by atoms with van der Waals surface area (Å²) in [5.41, 5.74) is 13.6. The SMILES string of the molecule is Cc1ccc(C(=O)c2sc3nc4c(c(-c5ccccc5)c3c2N)CN(C)CC4)cc1. The molecule has 5 rings (SSSR count). The molecule has 3 heterocycles. The molecule has 0 saturated heterocycles. The number of rotatable bonds is 3. The predicted molar refractivity (Wildman–Crippen MR) is 124 cm³/mol. The molecule has 2 aromatic carbocycles. The molecule has 0 spiro atoms. The van der Waals surface area contributed by atoms with Gasteiger partial charge in [-0.3, -0.25) is 4.79 Å². The molecular formula is C25H23N3OS. The van der Waals surface area contributed by atoms with E-state index < -0.39 is 0 Å². The van der Waals surface area contributed by atoms with E-state index in [1.807, 2.05) is 49.4 Å². The number of fused-ring (bicyclic) bond motifs is 2. The number of nitrogens with zero attached hydrogens (tertiary/aromatic N) is 2. The normalized spacial score (nSPS) is 14.1. The lowest BCUT2D eigenvalue weighted by Gasteiger charge is -2.27. The first-order valence-corrected chi connectivity index (χ1v) is 10.9. The highest BCUT2D eigenvalue weighted by atomic mass is 32.1. The fourth-order valence-electron chi connectivity index (χ4n) is 4.19.